The monoisotopic (exact) mass is 528 g/mol. The van der Waals surface area contributed by atoms with Crippen molar-refractivity contribution in [2.24, 2.45) is 5.84 Å². The van der Waals surface area contributed by atoms with Gasteiger partial charge in [-0.25, -0.2) is 5.84 Å². The van der Waals surface area contributed by atoms with Gasteiger partial charge in [-0.05, 0) is 23.8 Å². The molecule has 1 heterocycles. The van der Waals surface area contributed by atoms with Gasteiger partial charge < -0.3 is 4.90 Å². The third-order valence-corrected chi connectivity index (χ3v) is 5.58. The normalized spacial score (nSPS) is 17.4. The Morgan fingerprint density at radius 2 is 1.65 bits per heavy atom. The second-order valence-electron chi connectivity index (χ2n) is 6.99. The summed E-state index contributed by atoms with van der Waals surface area (Å²) in [6.45, 7) is -0.517. The molecular weight excluding hydrogens is 517 g/mol. The molecule has 0 fully saturated rings. The minimum absolute atomic E-state index is 0.0316. The van der Waals surface area contributed by atoms with Crippen molar-refractivity contribution in [1.29, 1.82) is 0 Å². The van der Waals surface area contributed by atoms with Crippen LogP contribution in [0.1, 0.15) is 22.9 Å². The molecule has 0 bridgehead atoms. The van der Waals surface area contributed by atoms with E-state index in [4.69, 9.17) is 29.0 Å². The fourth-order valence-electron chi connectivity index (χ4n) is 3.38. The van der Waals surface area contributed by atoms with Crippen molar-refractivity contribution in [2.45, 2.75) is 25.1 Å². The maximum absolute atomic E-state index is 13.7. The Hall–Kier alpha value is -3.03. The lowest BCUT2D eigenvalue weighted by atomic mass is 10.0. The van der Waals surface area contributed by atoms with Crippen molar-refractivity contribution in [2.75, 3.05) is 0 Å². The van der Waals surface area contributed by atoms with E-state index in [0.717, 1.165) is 0 Å². The van der Waals surface area contributed by atoms with Crippen LogP contribution in [0.4, 0.5) is 32.0 Å². The Morgan fingerprint density at radius 3 is 2.18 bits per heavy atom. The smallest absolute Gasteiger partial charge is 0.307 e. The quantitative estimate of drug-likeness (QED) is 0.245. The van der Waals surface area contributed by atoms with Gasteiger partial charge in [-0.1, -0.05) is 41.4 Å². The highest BCUT2D eigenvalue weighted by Crippen LogP contribution is 2.45. The number of carbonyl (C=O) groups excluding carboxylic acids is 1. The van der Waals surface area contributed by atoms with Crippen LogP contribution < -0.4 is 5.84 Å². The zero-order valence-corrected chi connectivity index (χ0v) is 18.0. The van der Waals surface area contributed by atoms with Gasteiger partial charge in [0.2, 0.25) is 0 Å². The number of hydrogen-bond acceptors (Lipinski definition) is 5. The average Bonchev–Trinajstić information content (AvgIpc) is 2.71. The second kappa shape index (κ2) is 8.96. The molecule has 3 rings (SSSR count). The molecule has 2 N–H and O–H groups in total. The Morgan fingerprint density at radius 1 is 1.03 bits per heavy atom. The minimum atomic E-state index is -5.27. The molecule has 1 aliphatic heterocycles. The predicted octanol–water partition coefficient (Wildman–Crippen LogP) is 5.50. The third kappa shape index (κ3) is 4.76. The van der Waals surface area contributed by atoms with Crippen molar-refractivity contribution in [1.82, 2.24) is 9.91 Å². The lowest BCUT2D eigenvalue weighted by Crippen LogP contribution is -2.54. The summed E-state index contributed by atoms with van der Waals surface area (Å²) >= 11 is 11.8. The summed E-state index contributed by atoms with van der Waals surface area (Å²) in [6.07, 6.45) is -12.3. The first kappa shape index (κ1) is 25.6. The van der Waals surface area contributed by atoms with Crippen LogP contribution in [0.25, 0.3) is 0 Å². The van der Waals surface area contributed by atoms with Crippen molar-refractivity contribution >= 4 is 34.8 Å². The van der Waals surface area contributed by atoms with Crippen molar-refractivity contribution in [3.05, 3.63) is 85.0 Å². The topological polar surface area (TPSA) is 92.7 Å². The number of benzene rings is 2. The predicted molar refractivity (Wildman–Crippen MR) is 108 cm³/mol. The molecular formula is C19H12Cl2F6N4O3. The van der Waals surface area contributed by atoms with Gasteiger partial charge in [0.15, 0.2) is 11.9 Å². The number of nitro benzene ring substituents is 1. The van der Waals surface area contributed by atoms with Gasteiger partial charge in [0.05, 0.1) is 16.1 Å². The standard InChI is InChI=1S/C19H12Cl2F6N4O3/c20-12-4-2-1-3-9(12)8-29-16(30(28)15(19(25,26)27)14(21)17(29)32)11-6-5-10(18(22,23)24)7-13(11)31(33)34/h1-7,16H,8,28H2. The van der Waals surface area contributed by atoms with Gasteiger partial charge in [0.1, 0.15) is 5.03 Å². The number of hydrogen-bond donors (Lipinski definition) is 1. The minimum Gasteiger partial charge on any atom is -0.307 e. The summed E-state index contributed by atoms with van der Waals surface area (Å²) in [7, 11) is 0. The number of nitrogens with zero attached hydrogens (tertiary/aromatic N) is 3. The number of carbonyl (C=O) groups is 1. The summed E-state index contributed by atoms with van der Waals surface area (Å²) in [6, 6.07) is 7.04. The lowest BCUT2D eigenvalue weighted by molar-refractivity contribution is -0.386. The van der Waals surface area contributed by atoms with Crippen molar-refractivity contribution in [3.8, 4) is 0 Å². The molecule has 0 saturated heterocycles. The molecule has 0 saturated carbocycles. The molecule has 182 valence electrons. The van der Waals surface area contributed by atoms with Crippen LogP contribution >= 0.6 is 23.2 Å². The fraction of sp³-hybridized carbons (Fsp3) is 0.211. The van der Waals surface area contributed by atoms with E-state index in [9.17, 15) is 41.3 Å². The van der Waals surface area contributed by atoms with Crippen LogP contribution in [0.3, 0.4) is 0 Å². The Labute approximate surface area is 197 Å². The molecule has 1 atom stereocenters. The zero-order valence-electron chi connectivity index (χ0n) is 16.5. The van der Waals surface area contributed by atoms with Crippen LogP contribution in [-0.2, 0) is 17.5 Å². The van der Waals surface area contributed by atoms with E-state index in [1.165, 1.54) is 24.3 Å². The first-order valence-corrected chi connectivity index (χ1v) is 9.81. The van der Waals surface area contributed by atoms with Crippen LogP contribution in [0.5, 0.6) is 0 Å². The van der Waals surface area contributed by atoms with Gasteiger partial charge in [0.25, 0.3) is 11.6 Å². The molecule has 0 spiro atoms. The summed E-state index contributed by atoms with van der Waals surface area (Å²) in [5.74, 6) is 4.26. The largest absolute Gasteiger partial charge is 0.434 e. The summed E-state index contributed by atoms with van der Waals surface area (Å²) < 4.78 is 80.3. The summed E-state index contributed by atoms with van der Waals surface area (Å²) in [5, 5.41) is 10.3. The molecule has 15 heteroatoms. The highest BCUT2D eigenvalue weighted by molar-refractivity contribution is 6.42. The first-order valence-electron chi connectivity index (χ1n) is 9.05. The van der Waals surface area contributed by atoms with Crippen LogP contribution in [0, 0.1) is 10.1 Å². The number of rotatable bonds is 4. The van der Waals surface area contributed by atoms with Gasteiger partial charge in [-0.2, -0.15) is 26.3 Å². The van der Waals surface area contributed by atoms with Crippen LogP contribution in [-0.4, -0.2) is 26.9 Å². The number of nitro groups is 1. The Balaban J connectivity index is 2.27. The lowest BCUT2D eigenvalue weighted by Gasteiger charge is -2.43. The summed E-state index contributed by atoms with van der Waals surface area (Å²) in [4.78, 5) is 23.9. The molecule has 0 radical (unpaired) electrons. The molecule has 2 aromatic carbocycles. The number of nitrogens with two attached hydrogens (primary N) is 1. The second-order valence-corrected chi connectivity index (χ2v) is 7.78. The number of halogens is 8. The van der Waals surface area contributed by atoms with E-state index in [0.29, 0.717) is 17.0 Å². The van der Waals surface area contributed by atoms with Crippen LogP contribution in [0.2, 0.25) is 5.02 Å². The number of allylic oxidation sites excluding steroid dienone is 1. The van der Waals surface area contributed by atoms with Crippen molar-refractivity contribution in [3.63, 3.8) is 0 Å². The van der Waals surface area contributed by atoms with Gasteiger partial charge >= 0.3 is 12.4 Å². The molecule has 0 aliphatic carbocycles. The first-order chi connectivity index (χ1) is 15.6. The van der Waals surface area contributed by atoms with E-state index in [2.05, 4.69) is 0 Å². The molecule has 7 nitrogen and oxygen atoms in total. The Bertz CT molecular complexity index is 1190. The fourth-order valence-corrected chi connectivity index (χ4v) is 3.89. The average molecular weight is 529 g/mol. The van der Waals surface area contributed by atoms with Gasteiger partial charge in [-0.15, -0.1) is 0 Å². The summed E-state index contributed by atoms with van der Waals surface area (Å²) in [5.41, 5.74) is -4.92. The zero-order chi connectivity index (χ0) is 25.6. The van der Waals surface area contributed by atoms with E-state index in [1.54, 1.807) is 0 Å². The molecule has 34 heavy (non-hydrogen) atoms. The van der Waals surface area contributed by atoms with E-state index in [1.807, 2.05) is 0 Å². The van der Waals surface area contributed by atoms with Crippen molar-refractivity contribution < 1.29 is 36.1 Å². The van der Waals surface area contributed by atoms with E-state index < -0.39 is 63.4 Å². The Kier molecular flexibility index (Phi) is 6.75. The van der Waals surface area contributed by atoms with Crippen LogP contribution in [0.15, 0.2) is 53.2 Å². The molecule has 1 aliphatic rings. The SMILES string of the molecule is NN1C(C(F)(F)F)=C(Cl)C(=O)N(Cc2ccccc2Cl)C1c1ccc(C(F)(F)F)cc1[N+](=O)[O-]. The number of amides is 1. The molecule has 1 unspecified atom stereocenters. The molecule has 2 aromatic rings. The highest BCUT2D eigenvalue weighted by atomic mass is 35.5. The van der Waals surface area contributed by atoms with E-state index >= 15 is 0 Å². The number of alkyl halides is 6. The molecule has 0 aromatic heterocycles. The highest BCUT2D eigenvalue weighted by Gasteiger charge is 2.51. The maximum atomic E-state index is 13.7. The molecule has 1 amide bonds. The van der Waals surface area contributed by atoms with Gasteiger partial charge in [0, 0.05) is 17.6 Å². The maximum Gasteiger partial charge on any atom is 0.434 e. The van der Waals surface area contributed by atoms with E-state index in [-0.39, 0.29) is 21.7 Å². The van der Waals surface area contributed by atoms with Gasteiger partial charge in [-0.3, -0.25) is 19.9 Å². The number of hydrazine groups is 1. The third-order valence-electron chi connectivity index (χ3n) is 4.87.